The third kappa shape index (κ3) is 1.99. The Kier molecular flexibility index (Phi) is 2.96. The Morgan fingerprint density at radius 3 is 2.95 bits per heavy atom. The molecule has 1 N–H and O–H groups in total. The van der Waals surface area contributed by atoms with Gasteiger partial charge >= 0.3 is 0 Å². The average Bonchev–Trinajstić information content (AvgIpc) is 3.12. The third-order valence-electron chi connectivity index (χ3n) is 4.27. The molecule has 2 aromatic carbocycles. The van der Waals surface area contributed by atoms with Crippen LogP contribution in [0.5, 0.6) is 0 Å². The van der Waals surface area contributed by atoms with Crippen molar-refractivity contribution in [3.8, 4) is 0 Å². The zero-order valence-electron chi connectivity index (χ0n) is 12.0. The number of hydrogen-bond donors (Lipinski definition) is 1. The van der Waals surface area contributed by atoms with Crippen LogP contribution in [0.4, 0.5) is 10.1 Å². The normalized spacial score (nSPS) is 13.6. The molecule has 3 nitrogen and oxygen atoms in total. The van der Waals surface area contributed by atoms with Gasteiger partial charge in [-0.25, -0.2) is 4.39 Å². The number of anilines is 1. The summed E-state index contributed by atoms with van der Waals surface area (Å²) in [5, 5.41) is 0.517. The number of carbonyl (C=O) groups excluding carboxylic acids is 1. The van der Waals surface area contributed by atoms with Crippen LogP contribution in [0.25, 0.3) is 10.9 Å². The van der Waals surface area contributed by atoms with Crippen molar-refractivity contribution < 1.29 is 9.18 Å². The van der Waals surface area contributed by atoms with E-state index in [-0.39, 0.29) is 18.1 Å². The average molecular weight is 294 g/mol. The Balaban J connectivity index is 1.65. The number of aromatic amines is 1. The van der Waals surface area contributed by atoms with Crippen molar-refractivity contribution in [3.63, 3.8) is 0 Å². The fraction of sp³-hybridized carbons (Fsp3) is 0.167. The van der Waals surface area contributed by atoms with Gasteiger partial charge in [-0.2, -0.15) is 0 Å². The molecular weight excluding hydrogens is 279 g/mol. The number of benzene rings is 2. The molecule has 1 aliphatic rings. The summed E-state index contributed by atoms with van der Waals surface area (Å²) < 4.78 is 14.0. The van der Waals surface area contributed by atoms with Gasteiger partial charge in [0.1, 0.15) is 5.82 Å². The minimum atomic E-state index is -0.289. The van der Waals surface area contributed by atoms with Crippen LogP contribution in [0.15, 0.2) is 48.7 Å². The lowest BCUT2D eigenvalue weighted by Gasteiger charge is -2.17. The van der Waals surface area contributed by atoms with Gasteiger partial charge in [0.05, 0.1) is 6.42 Å². The zero-order chi connectivity index (χ0) is 15.1. The van der Waals surface area contributed by atoms with E-state index in [4.69, 9.17) is 0 Å². The summed E-state index contributed by atoms with van der Waals surface area (Å²) >= 11 is 0. The molecule has 0 saturated heterocycles. The highest BCUT2D eigenvalue weighted by Gasteiger charge is 2.25. The zero-order valence-corrected chi connectivity index (χ0v) is 12.0. The molecule has 110 valence electrons. The summed E-state index contributed by atoms with van der Waals surface area (Å²) in [6, 6.07) is 12.9. The first-order valence-electron chi connectivity index (χ1n) is 7.37. The van der Waals surface area contributed by atoms with E-state index in [1.807, 2.05) is 30.3 Å². The molecule has 0 fully saturated rings. The quantitative estimate of drug-likeness (QED) is 0.772. The maximum Gasteiger partial charge on any atom is 0.231 e. The van der Waals surface area contributed by atoms with Crippen molar-refractivity contribution in [2.75, 3.05) is 11.4 Å². The molecule has 0 bridgehead atoms. The minimum absolute atomic E-state index is 0.00843. The first kappa shape index (κ1) is 13.1. The molecule has 0 unspecified atom stereocenters. The number of fused-ring (bicyclic) bond motifs is 2. The van der Waals surface area contributed by atoms with Gasteiger partial charge < -0.3 is 9.88 Å². The Morgan fingerprint density at radius 1 is 1.18 bits per heavy atom. The summed E-state index contributed by atoms with van der Waals surface area (Å²) in [6.07, 6.45) is 2.81. The Hall–Kier alpha value is -2.62. The second-order valence-electron chi connectivity index (χ2n) is 5.58. The molecule has 0 radical (unpaired) electrons. The molecule has 0 spiro atoms. The standard InChI is InChI=1S/C18H15FN2O/c19-14-5-3-6-15-18(14)13(11-20-15)10-17(22)21-9-8-12-4-1-2-7-16(12)21/h1-7,11,20H,8-10H2. The number of nitrogens with zero attached hydrogens (tertiary/aromatic N) is 1. The number of halogens is 1. The van der Waals surface area contributed by atoms with Gasteiger partial charge in [-0.05, 0) is 35.7 Å². The first-order chi connectivity index (χ1) is 10.7. The lowest BCUT2D eigenvalue weighted by molar-refractivity contribution is -0.117. The van der Waals surface area contributed by atoms with E-state index in [1.54, 1.807) is 17.2 Å². The van der Waals surface area contributed by atoms with Crippen LogP contribution in [0.3, 0.4) is 0 Å². The fourth-order valence-corrected chi connectivity index (χ4v) is 3.20. The smallest absolute Gasteiger partial charge is 0.231 e. The molecule has 2 heterocycles. The van der Waals surface area contributed by atoms with E-state index in [0.717, 1.165) is 17.6 Å². The van der Waals surface area contributed by atoms with E-state index in [1.165, 1.54) is 11.6 Å². The maximum atomic E-state index is 14.0. The highest BCUT2D eigenvalue weighted by molar-refractivity contribution is 5.99. The predicted octanol–water partition coefficient (Wildman–Crippen LogP) is 3.44. The Labute approximate surface area is 127 Å². The van der Waals surface area contributed by atoms with Crippen molar-refractivity contribution >= 4 is 22.5 Å². The number of nitrogens with one attached hydrogen (secondary N) is 1. The number of amides is 1. The van der Waals surface area contributed by atoms with Crippen LogP contribution in [-0.4, -0.2) is 17.4 Å². The Morgan fingerprint density at radius 2 is 2.05 bits per heavy atom. The van der Waals surface area contributed by atoms with Crippen LogP contribution >= 0.6 is 0 Å². The van der Waals surface area contributed by atoms with E-state index >= 15 is 0 Å². The molecule has 0 atom stereocenters. The van der Waals surface area contributed by atoms with Crippen molar-refractivity contribution in [1.29, 1.82) is 0 Å². The van der Waals surface area contributed by atoms with Crippen LogP contribution in [0, 0.1) is 5.82 Å². The summed E-state index contributed by atoms with van der Waals surface area (Å²) in [4.78, 5) is 17.5. The number of aromatic nitrogens is 1. The highest BCUT2D eigenvalue weighted by Crippen LogP contribution is 2.29. The number of hydrogen-bond acceptors (Lipinski definition) is 1. The van der Waals surface area contributed by atoms with E-state index in [9.17, 15) is 9.18 Å². The van der Waals surface area contributed by atoms with Crippen molar-refractivity contribution in [3.05, 3.63) is 65.6 Å². The van der Waals surface area contributed by atoms with Crippen LogP contribution < -0.4 is 4.90 Å². The van der Waals surface area contributed by atoms with Crippen LogP contribution in [-0.2, 0) is 17.6 Å². The number of carbonyl (C=O) groups is 1. The lowest BCUT2D eigenvalue weighted by Crippen LogP contribution is -2.30. The van der Waals surface area contributed by atoms with Gasteiger partial charge in [0.2, 0.25) is 5.91 Å². The van der Waals surface area contributed by atoms with Gasteiger partial charge in [-0.15, -0.1) is 0 Å². The van der Waals surface area contributed by atoms with E-state index < -0.39 is 0 Å². The maximum absolute atomic E-state index is 14.0. The molecule has 1 aromatic heterocycles. The summed E-state index contributed by atoms with van der Waals surface area (Å²) in [5.74, 6) is -0.280. The van der Waals surface area contributed by atoms with Crippen LogP contribution in [0.2, 0.25) is 0 Å². The summed E-state index contributed by atoms with van der Waals surface area (Å²) in [5.41, 5.74) is 3.61. The second-order valence-corrected chi connectivity index (χ2v) is 5.58. The SMILES string of the molecule is O=C(Cc1c[nH]c2cccc(F)c12)N1CCc2ccccc21. The third-order valence-corrected chi connectivity index (χ3v) is 4.27. The van der Waals surface area contributed by atoms with E-state index in [0.29, 0.717) is 17.5 Å². The van der Waals surface area contributed by atoms with Gasteiger partial charge in [0.25, 0.3) is 0 Å². The molecular formula is C18H15FN2O. The molecule has 0 aliphatic carbocycles. The molecule has 1 aliphatic heterocycles. The minimum Gasteiger partial charge on any atom is -0.361 e. The summed E-state index contributed by atoms with van der Waals surface area (Å²) in [6.45, 7) is 0.697. The van der Waals surface area contributed by atoms with Gasteiger partial charge in [-0.3, -0.25) is 4.79 Å². The predicted molar refractivity (Wildman–Crippen MR) is 84.5 cm³/mol. The van der Waals surface area contributed by atoms with Crippen molar-refractivity contribution in [2.45, 2.75) is 12.8 Å². The number of rotatable bonds is 2. The van der Waals surface area contributed by atoms with Gasteiger partial charge in [0.15, 0.2) is 0 Å². The number of H-pyrrole nitrogens is 1. The van der Waals surface area contributed by atoms with Gasteiger partial charge in [-0.1, -0.05) is 24.3 Å². The molecule has 4 rings (SSSR count). The van der Waals surface area contributed by atoms with Crippen LogP contribution in [0.1, 0.15) is 11.1 Å². The fourth-order valence-electron chi connectivity index (χ4n) is 3.20. The number of para-hydroxylation sites is 1. The molecule has 3 aromatic rings. The van der Waals surface area contributed by atoms with E-state index in [2.05, 4.69) is 4.98 Å². The molecule has 0 saturated carbocycles. The molecule has 1 amide bonds. The van der Waals surface area contributed by atoms with Crippen molar-refractivity contribution in [1.82, 2.24) is 4.98 Å². The first-order valence-corrected chi connectivity index (χ1v) is 7.37. The highest BCUT2D eigenvalue weighted by atomic mass is 19.1. The topological polar surface area (TPSA) is 36.1 Å². The Bertz CT molecular complexity index is 868. The monoisotopic (exact) mass is 294 g/mol. The summed E-state index contributed by atoms with van der Waals surface area (Å²) in [7, 11) is 0. The van der Waals surface area contributed by atoms with Gasteiger partial charge in [0, 0.05) is 29.3 Å². The van der Waals surface area contributed by atoms with Crippen molar-refractivity contribution in [2.24, 2.45) is 0 Å². The molecule has 22 heavy (non-hydrogen) atoms. The largest absolute Gasteiger partial charge is 0.361 e. The lowest BCUT2D eigenvalue weighted by atomic mass is 10.1. The second kappa shape index (κ2) is 4.98. The molecule has 4 heteroatoms.